The lowest BCUT2D eigenvalue weighted by molar-refractivity contribution is -0.193. The van der Waals surface area contributed by atoms with E-state index in [2.05, 4.69) is 20.3 Å². The van der Waals surface area contributed by atoms with Gasteiger partial charge in [-0.25, -0.2) is 9.18 Å². The fourth-order valence-corrected chi connectivity index (χ4v) is 1.65. The van der Waals surface area contributed by atoms with E-state index in [1.54, 1.807) is 7.05 Å². The highest BCUT2D eigenvalue weighted by Gasteiger charge is 2.38. The van der Waals surface area contributed by atoms with E-state index in [0.29, 0.717) is 0 Å². The number of nitrogens with zero attached hydrogens (tertiary/aromatic N) is 5. The number of alkyl halides is 1. The Bertz CT molecular complexity index is 602. The second kappa shape index (κ2) is 7.71. The number of anilines is 1. The monoisotopic (exact) mass is 316 g/mol. The second-order valence-electron chi connectivity index (χ2n) is 4.35. The lowest BCUT2D eigenvalue weighted by atomic mass is 10.1. The molecule has 10 nitrogen and oxygen atoms in total. The number of aromatic nitrogens is 2. The van der Waals surface area contributed by atoms with E-state index in [1.807, 2.05) is 0 Å². The second-order valence-corrected chi connectivity index (χ2v) is 4.35. The predicted molar refractivity (Wildman–Crippen MR) is 74.8 cm³/mol. The third-order valence-corrected chi connectivity index (χ3v) is 2.96. The first-order valence-electron chi connectivity index (χ1n) is 6.30. The molecular weight excluding hydrogens is 299 g/mol. The number of aliphatic hydroxyl groups is 2. The van der Waals surface area contributed by atoms with Crippen LogP contribution in [0.5, 0.6) is 0 Å². The van der Waals surface area contributed by atoms with Crippen LogP contribution in [0, 0.1) is 0 Å². The van der Waals surface area contributed by atoms with Crippen LogP contribution in [0.2, 0.25) is 0 Å². The Labute approximate surface area is 124 Å². The van der Waals surface area contributed by atoms with Crippen molar-refractivity contribution in [1.29, 1.82) is 0 Å². The molecule has 0 aliphatic heterocycles. The lowest BCUT2D eigenvalue weighted by Crippen LogP contribution is -2.48. The summed E-state index contributed by atoms with van der Waals surface area (Å²) in [6.07, 6.45) is -1.74. The summed E-state index contributed by atoms with van der Waals surface area (Å²) in [4.78, 5) is 17.9. The standard InChI is InChI=1S/C11H17FN6O4/c1-7(20)11(6-19,16-17-13)22-9(5-12)18-4-3-8(14-2)15-10(18)21/h3-4,7,9,19-20H,5-6H2,1-2H3,(H,14,15,21)/t7-,9-,11-/m1/s1. The van der Waals surface area contributed by atoms with Crippen molar-refractivity contribution in [2.45, 2.75) is 25.0 Å². The quantitative estimate of drug-likeness (QED) is 0.353. The molecule has 0 saturated carbocycles. The fraction of sp³-hybridized carbons (Fsp3) is 0.636. The van der Waals surface area contributed by atoms with E-state index in [-0.39, 0.29) is 5.82 Å². The van der Waals surface area contributed by atoms with Gasteiger partial charge in [0.25, 0.3) is 0 Å². The van der Waals surface area contributed by atoms with Crippen molar-refractivity contribution in [2.75, 3.05) is 25.6 Å². The van der Waals surface area contributed by atoms with Crippen molar-refractivity contribution in [3.63, 3.8) is 0 Å². The molecule has 0 saturated heterocycles. The van der Waals surface area contributed by atoms with Crippen LogP contribution in [0.4, 0.5) is 10.2 Å². The molecule has 3 atom stereocenters. The van der Waals surface area contributed by atoms with Crippen LogP contribution in [-0.4, -0.2) is 51.9 Å². The first kappa shape index (κ1) is 17.9. The van der Waals surface area contributed by atoms with Gasteiger partial charge < -0.3 is 20.3 Å². The highest BCUT2D eigenvalue weighted by atomic mass is 19.1. The molecule has 0 amide bonds. The van der Waals surface area contributed by atoms with Crippen molar-refractivity contribution in [2.24, 2.45) is 5.11 Å². The number of azide groups is 1. The molecule has 0 bridgehead atoms. The maximum absolute atomic E-state index is 13.2. The maximum Gasteiger partial charge on any atom is 0.351 e. The molecule has 0 fully saturated rings. The van der Waals surface area contributed by atoms with Crippen molar-refractivity contribution in [3.05, 3.63) is 33.2 Å². The minimum absolute atomic E-state index is 0.276. The summed E-state index contributed by atoms with van der Waals surface area (Å²) in [5.41, 5.74) is 5.60. The van der Waals surface area contributed by atoms with Gasteiger partial charge in [0.05, 0.1) is 12.7 Å². The minimum Gasteiger partial charge on any atom is -0.393 e. The van der Waals surface area contributed by atoms with Crippen LogP contribution in [0.15, 0.2) is 22.2 Å². The maximum atomic E-state index is 13.2. The Morgan fingerprint density at radius 2 is 2.41 bits per heavy atom. The first-order valence-corrected chi connectivity index (χ1v) is 6.30. The zero-order valence-corrected chi connectivity index (χ0v) is 12.0. The van der Waals surface area contributed by atoms with Crippen molar-refractivity contribution >= 4 is 5.82 Å². The normalized spacial score (nSPS) is 16.2. The van der Waals surface area contributed by atoms with Crippen LogP contribution in [0.3, 0.4) is 0 Å². The zero-order valence-electron chi connectivity index (χ0n) is 12.0. The van der Waals surface area contributed by atoms with Gasteiger partial charge in [0, 0.05) is 18.2 Å². The molecule has 22 heavy (non-hydrogen) atoms. The molecule has 0 radical (unpaired) electrons. The SMILES string of the molecule is CNc1ccn([C@@H](CF)O[C@@](CO)(N=[N+]=[N-])[C@@H](C)O)c(=O)n1. The molecule has 11 heteroatoms. The molecule has 0 aliphatic rings. The van der Waals surface area contributed by atoms with E-state index < -0.39 is 37.0 Å². The number of ether oxygens (including phenoxy) is 1. The molecule has 0 unspecified atom stereocenters. The van der Waals surface area contributed by atoms with E-state index >= 15 is 0 Å². The van der Waals surface area contributed by atoms with Gasteiger partial charge in [0.1, 0.15) is 12.5 Å². The van der Waals surface area contributed by atoms with Crippen LogP contribution >= 0.6 is 0 Å². The molecule has 1 rings (SSSR count). The molecule has 1 heterocycles. The van der Waals surface area contributed by atoms with Crippen LogP contribution in [-0.2, 0) is 4.74 Å². The van der Waals surface area contributed by atoms with E-state index in [4.69, 9.17) is 10.3 Å². The molecule has 122 valence electrons. The molecule has 1 aromatic rings. The van der Waals surface area contributed by atoms with E-state index in [9.17, 15) is 19.4 Å². The van der Waals surface area contributed by atoms with Crippen molar-refractivity contribution < 1.29 is 19.3 Å². The van der Waals surface area contributed by atoms with Gasteiger partial charge >= 0.3 is 5.69 Å². The molecule has 3 N–H and O–H groups in total. The van der Waals surface area contributed by atoms with E-state index in [1.165, 1.54) is 19.2 Å². The molecule has 0 spiro atoms. The average molecular weight is 316 g/mol. The molecular formula is C11H17FN6O4. The number of aliphatic hydroxyl groups excluding tert-OH is 2. The largest absolute Gasteiger partial charge is 0.393 e. The molecule has 0 aliphatic carbocycles. The number of halogens is 1. The van der Waals surface area contributed by atoms with Crippen molar-refractivity contribution in [3.8, 4) is 0 Å². The number of rotatable bonds is 8. The van der Waals surface area contributed by atoms with Gasteiger partial charge in [-0.1, -0.05) is 5.11 Å². The third kappa shape index (κ3) is 3.71. The Morgan fingerprint density at radius 1 is 1.73 bits per heavy atom. The topological polar surface area (TPSA) is 145 Å². The third-order valence-electron chi connectivity index (χ3n) is 2.96. The summed E-state index contributed by atoms with van der Waals surface area (Å²) >= 11 is 0. The summed E-state index contributed by atoms with van der Waals surface area (Å²) in [7, 11) is 1.56. The summed E-state index contributed by atoms with van der Waals surface area (Å²) in [5.74, 6) is 0.276. The Kier molecular flexibility index (Phi) is 6.25. The first-order chi connectivity index (χ1) is 10.4. The Hall–Kier alpha value is -2.20. The fourth-order valence-electron chi connectivity index (χ4n) is 1.65. The summed E-state index contributed by atoms with van der Waals surface area (Å²) < 4.78 is 19.3. The van der Waals surface area contributed by atoms with Gasteiger partial charge in [-0.3, -0.25) is 4.57 Å². The van der Waals surface area contributed by atoms with E-state index in [0.717, 1.165) is 4.57 Å². The number of hydrogen-bond acceptors (Lipinski definition) is 7. The van der Waals surface area contributed by atoms with Gasteiger partial charge in [-0.15, -0.1) is 0 Å². The smallest absolute Gasteiger partial charge is 0.351 e. The lowest BCUT2D eigenvalue weighted by Gasteiger charge is -2.33. The van der Waals surface area contributed by atoms with Gasteiger partial charge in [0.2, 0.25) is 0 Å². The van der Waals surface area contributed by atoms with Crippen LogP contribution in [0.25, 0.3) is 10.4 Å². The van der Waals surface area contributed by atoms with Crippen LogP contribution < -0.4 is 11.0 Å². The minimum atomic E-state index is -2.12. The number of nitrogens with one attached hydrogen (secondary N) is 1. The van der Waals surface area contributed by atoms with Gasteiger partial charge in [0.15, 0.2) is 12.0 Å². The predicted octanol–water partition coefficient (Wildman–Crippen LogP) is 0.149. The summed E-state index contributed by atoms with van der Waals surface area (Å²) in [6.45, 7) is -0.872. The Balaban J connectivity index is 3.20. The molecule has 1 aromatic heterocycles. The zero-order chi connectivity index (χ0) is 16.8. The summed E-state index contributed by atoms with van der Waals surface area (Å²) in [6, 6.07) is 1.41. The van der Waals surface area contributed by atoms with Crippen LogP contribution in [0.1, 0.15) is 13.2 Å². The Morgan fingerprint density at radius 3 is 2.82 bits per heavy atom. The highest BCUT2D eigenvalue weighted by Crippen LogP contribution is 2.25. The highest BCUT2D eigenvalue weighted by molar-refractivity contribution is 5.30. The van der Waals surface area contributed by atoms with Gasteiger partial charge in [-0.2, -0.15) is 4.98 Å². The summed E-state index contributed by atoms with van der Waals surface area (Å²) in [5, 5.41) is 24.8. The van der Waals surface area contributed by atoms with Gasteiger partial charge in [-0.05, 0) is 18.5 Å². The van der Waals surface area contributed by atoms with Crippen molar-refractivity contribution in [1.82, 2.24) is 9.55 Å². The number of hydrogen-bond donors (Lipinski definition) is 3. The molecule has 0 aromatic carbocycles. The average Bonchev–Trinajstić information content (AvgIpc) is 2.51.